The summed E-state index contributed by atoms with van der Waals surface area (Å²) in [4.78, 5) is 4.15. The maximum atomic E-state index is 12.9. The van der Waals surface area contributed by atoms with Crippen LogP contribution >= 0.6 is 11.6 Å². The lowest BCUT2D eigenvalue weighted by molar-refractivity contribution is 0.383. The second-order valence-corrected chi connectivity index (χ2v) is 8.70. The number of anilines is 2. The van der Waals surface area contributed by atoms with E-state index >= 15 is 0 Å². The van der Waals surface area contributed by atoms with E-state index in [9.17, 15) is 8.42 Å². The third kappa shape index (κ3) is 4.10. The number of nitrogens with zero attached hydrogens (tertiary/aromatic N) is 5. The molecule has 3 rings (SSSR count). The number of halogens is 1. The molecule has 1 aliphatic rings. The third-order valence-corrected chi connectivity index (χ3v) is 6.66. The van der Waals surface area contributed by atoms with Crippen LogP contribution in [0.3, 0.4) is 0 Å². The maximum absolute atomic E-state index is 12.9. The molecule has 2 aromatic rings. The number of hydrogen-bond donors (Lipinski definition) is 0. The van der Waals surface area contributed by atoms with Crippen molar-refractivity contribution in [3.63, 3.8) is 0 Å². The molecule has 146 valence electrons. The summed E-state index contributed by atoms with van der Waals surface area (Å²) >= 11 is 6.08. The van der Waals surface area contributed by atoms with Crippen molar-refractivity contribution in [1.29, 1.82) is 0 Å². The van der Waals surface area contributed by atoms with Crippen LogP contribution in [0, 0.1) is 0 Å². The van der Waals surface area contributed by atoms with Crippen molar-refractivity contribution in [2.45, 2.75) is 4.90 Å². The number of hydrogen-bond acceptors (Lipinski definition) is 7. The highest BCUT2D eigenvalue weighted by Crippen LogP contribution is 2.29. The van der Waals surface area contributed by atoms with Gasteiger partial charge >= 0.3 is 0 Å². The van der Waals surface area contributed by atoms with E-state index in [1.807, 2.05) is 30.0 Å². The van der Waals surface area contributed by atoms with E-state index in [4.69, 9.17) is 16.3 Å². The molecule has 27 heavy (non-hydrogen) atoms. The number of aromatic nitrogens is 2. The Kier molecular flexibility index (Phi) is 5.73. The fourth-order valence-corrected chi connectivity index (χ4v) is 4.63. The molecule has 0 N–H and O–H groups in total. The van der Waals surface area contributed by atoms with Gasteiger partial charge in [0.2, 0.25) is 10.0 Å². The highest BCUT2D eigenvalue weighted by molar-refractivity contribution is 7.89. The molecular formula is C17H22ClN5O3S. The van der Waals surface area contributed by atoms with Gasteiger partial charge in [-0.2, -0.15) is 9.40 Å². The summed E-state index contributed by atoms with van der Waals surface area (Å²) < 4.78 is 32.3. The highest BCUT2D eigenvalue weighted by Gasteiger charge is 2.29. The van der Waals surface area contributed by atoms with Crippen molar-refractivity contribution >= 4 is 33.1 Å². The maximum Gasteiger partial charge on any atom is 0.243 e. The number of benzene rings is 1. The molecule has 2 heterocycles. The van der Waals surface area contributed by atoms with Gasteiger partial charge in [0.05, 0.1) is 28.9 Å². The summed E-state index contributed by atoms with van der Waals surface area (Å²) in [6.45, 7) is 1.79. The minimum atomic E-state index is -3.61. The Labute approximate surface area is 164 Å². The van der Waals surface area contributed by atoms with E-state index in [0.29, 0.717) is 31.9 Å². The number of ether oxygens (including phenoxy) is 1. The molecule has 0 radical (unpaired) electrons. The first-order valence-corrected chi connectivity index (χ1v) is 10.2. The van der Waals surface area contributed by atoms with Gasteiger partial charge in [-0.25, -0.2) is 8.42 Å². The standard InChI is InChI=1S/C17H22ClN5O3S/c1-21(2)13-10-17(20-19-12-13)22-6-8-23(9-7-22)27(24,25)14-4-5-16(26-3)15(18)11-14/h4-5,10-12H,6-9H2,1-3H3. The molecule has 1 aromatic heterocycles. The Balaban J connectivity index is 1.73. The molecule has 0 spiro atoms. The topological polar surface area (TPSA) is 78.9 Å². The van der Waals surface area contributed by atoms with E-state index in [-0.39, 0.29) is 9.92 Å². The van der Waals surface area contributed by atoms with Crippen LogP contribution in [0.2, 0.25) is 5.02 Å². The molecule has 0 atom stereocenters. The Morgan fingerprint density at radius 1 is 1.15 bits per heavy atom. The molecule has 0 bridgehead atoms. The van der Waals surface area contributed by atoms with Crippen LogP contribution < -0.4 is 14.5 Å². The number of rotatable bonds is 5. The normalized spacial score (nSPS) is 15.6. The van der Waals surface area contributed by atoms with Gasteiger partial charge in [-0.1, -0.05) is 11.6 Å². The molecule has 1 aromatic carbocycles. The van der Waals surface area contributed by atoms with Gasteiger partial charge in [0.25, 0.3) is 0 Å². The molecule has 0 unspecified atom stereocenters. The second-order valence-electron chi connectivity index (χ2n) is 6.35. The van der Waals surface area contributed by atoms with Crippen molar-refractivity contribution < 1.29 is 13.2 Å². The summed E-state index contributed by atoms with van der Waals surface area (Å²) in [7, 11) is 1.75. The summed E-state index contributed by atoms with van der Waals surface area (Å²) in [5.74, 6) is 1.19. The fraction of sp³-hybridized carbons (Fsp3) is 0.412. The van der Waals surface area contributed by atoms with Crippen LogP contribution in [0.4, 0.5) is 11.5 Å². The molecule has 8 nitrogen and oxygen atoms in total. The molecule has 10 heteroatoms. The largest absolute Gasteiger partial charge is 0.495 e. The Morgan fingerprint density at radius 3 is 2.44 bits per heavy atom. The van der Waals surface area contributed by atoms with Crippen LogP contribution in [-0.2, 0) is 10.0 Å². The first kappa shape index (κ1) is 19.7. The monoisotopic (exact) mass is 411 g/mol. The van der Waals surface area contributed by atoms with E-state index in [1.165, 1.54) is 23.5 Å². The zero-order chi connectivity index (χ0) is 19.6. The lowest BCUT2D eigenvalue weighted by Crippen LogP contribution is -2.49. The first-order chi connectivity index (χ1) is 12.8. The van der Waals surface area contributed by atoms with Crippen LogP contribution in [0.15, 0.2) is 35.4 Å². The van der Waals surface area contributed by atoms with Gasteiger partial charge < -0.3 is 14.5 Å². The Morgan fingerprint density at radius 2 is 1.85 bits per heavy atom. The van der Waals surface area contributed by atoms with Gasteiger partial charge in [-0.15, -0.1) is 5.10 Å². The number of sulfonamides is 1. The molecular weight excluding hydrogens is 390 g/mol. The summed E-state index contributed by atoms with van der Waals surface area (Å²) in [5.41, 5.74) is 0.947. The average molecular weight is 412 g/mol. The van der Waals surface area contributed by atoms with Crippen LogP contribution in [0.25, 0.3) is 0 Å². The Bertz CT molecular complexity index is 915. The minimum Gasteiger partial charge on any atom is -0.495 e. The molecule has 1 aliphatic heterocycles. The highest BCUT2D eigenvalue weighted by atomic mass is 35.5. The van der Waals surface area contributed by atoms with Crippen molar-refractivity contribution in [1.82, 2.24) is 14.5 Å². The van der Waals surface area contributed by atoms with Crippen molar-refractivity contribution in [3.8, 4) is 5.75 Å². The lowest BCUT2D eigenvalue weighted by Gasteiger charge is -2.34. The summed E-state index contributed by atoms with van der Waals surface area (Å²) in [6, 6.07) is 6.45. The smallest absolute Gasteiger partial charge is 0.243 e. The van der Waals surface area contributed by atoms with Crippen LogP contribution in [0.1, 0.15) is 0 Å². The van der Waals surface area contributed by atoms with Gasteiger partial charge in [-0.3, -0.25) is 0 Å². The van der Waals surface area contributed by atoms with E-state index < -0.39 is 10.0 Å². The quantitative estimate of drug-likeness (QED) is 0.741. The second kappa shape index (κ2) is 7.87. The van der Waals surface area contributed by atoms with Crippen LogP contribution in [0.5, 0.6) is 5.75 Å². The van der Waals surface area contributed by atoms with Crippen molar-refractivity contribution in [2.75, 3.05) is 57.2 Å². The predicted molar refractivity (Wildman–Crippen MR) is 105 cm³/mol. The van der Waals surface area contributed by atoms with E-state index in [1.54, 1.807) is 12.3 Å². The molecule has 0 amide bonds. The number of piperazine rings is 1. The van der Waals surface area contributed by atoms with E-state index in [2.05, 4.69) is 10.2 Å². The van der Waals surface area contributed by atoms with E-state index in [0.717, 1.165) is 11.5 Å². The predicted octanol–water partition coefficient (Wildman–Crippen LogP) is 1.72. The summed E-state index contributed by atoms with van der Waals surface area (Å²) in [6.07, 6.45) is 1.69. The average Bonchev–Trinajstić information content (AvgIpc) is 2.68. The van der Waals surface area contributed by atoms with Gasteiger partial charge in [0.15, 0.2) is 5.82 Å². The minimum absolute atomic E-state index is 0.163. The SMILES string of the molecule is COc1ccc(S(=O)(=O)N2CCN(c3cc(N(C)C)cnn3)CC2)cc1Cl. The van der Waals surface area contributed by atoms with Crippen molar-refractivity contribution in [3.05, 3.63) is 35.5 Å². The molecule has 1 fully saturated rings. The summed E-state index contributed by atoms with van der Waals surface area (Å²) in [5, 5.41) is 8.47. The molecule has 0 aliphatic carbocycles. The first-order valence-electron chi connectivity index (χ1n) is 8.41. The van der Waals surface area contributed by atoms with Crippen molar-refractivity contribution in [2.24, 2.45) is 0 Å². The van der Waals surface area contributed by atoms with Gasteiger partial charge in [-0.05, 0) is 18.2 Å². The molecule has 1 saturated heterocycles. The zero-order valence-electron chi connectivity index (χ0n) is 15.5. The lowest BCUT2D eigenvalue weighted by atomic mass is 10.3. The van der Waals surface area contributed by atoms with Gasteiger partial charge in [0, 0.05) is 46.3 Å². The number of methoxy groups -OCH3 is 1. The van der Waals surface area contributed by atoms with Crippen LogP contribution in [-0.4, -0.2) is 70.3 Å². The molecule has 0 saturated carbocycles. The zero-order valence-corrected chi connectivity index (χ0v) is 17.0. The Hall–Kier alpha value is -2.10. The van der Waals surface area contributed by atoms with Gasteiger partial charge in [0.1, 0.15) is 5.75 Å². The third-order valence-electron chi connectivity index (χ3n) is 4.47. The fourth-order valence-electron chi connectivity index (χ4n) is 2.86.